The second-order valence-electron chi connectivity index (χ2n) is 14.0. The number of benzene rings is 2. The fraction of sp³-hybridized carbons (Fsp3) is 0.610. The van der Waals surface area contributed by atoms with Gasteiger partial charge in [-0.2, -0.15) is 0 Å². The van der Waals surface area contributed by atoms with Gasteiger partial charge >= 0.3 is 6.09 Å². The number of pyridine rings is 1. The van der Waals surface area contributed by atoms with Crippen molar-refractivity contribution in [2.24, 2.45) is 0 Å². The van der Waals surface area contributed by atoms with Crippen molar-refractivity contribution in [3.8, 4) is 5.75 Å². The maximum Gasteiger partial charge on any atom is 0.411 e. The van der Waals surface area contributed by atoms with Gasteiger partial charge in [-0.05, 0) is 68.4 Å². The third-order valence-corrected chi connectivity index (χ3v) is 10.8. The van der Waals surface area contributed by atoms with E-state index in [-0.39, 0.29) is 5.56 Å². The van der Waals surface area contributed by atoms with Gasteiger partial charge in [0.15, 0.2) is 6.23 Å². The number of hydrogen-bond donors (Lipinski definition) is 0. The van der Waals surface area contributed by atoms with Gasteiger partial charge in [0.1, 0.15) is 5.75 Å². The Hall–Kier alpha value is -2.94. The van der Waals surface area contributed by atoms with Crippen LogP contribution in [0.5, 0.6) is 5.75 Å². The SMILES string of the molecule is CCCCCCCCCCCCCCN(C)C(=O)OC(C)n1c(=O)ccc2ccc(OCCCCN3CCN(c4cccc(Cl)c4Cl)CC3)cc21. The Bertz CT molecular complexity index is 1540. The lowest BCUT2D eigenvalue weighted by atomic mass is 10.1. The number of piperazine rings is 1. The predicted molar refractivity (Wildman–Crippen MR) is 213 cm³/mol. The second kappa shape index (κ2) is 22.2. The molecule has 8 nitrogen and oxygen atoms in total. The fourth-order valence-corrected chi connectivity index (χ4v) is 7.26. The molecule has 0 aliphatic carbocycles. The summed E-state index contributed by atoms with van der Waals surface area (Å²) in [5.74, 6) is 0.691. The summed E-state index contributed by atoms with van der Waals surface area (Å²) in [6.07, 6.45) is 16.1. The van der Waals surface area contributed by atoms with Gasteiger partial charge in [-0.25, -0.2) is 4.79 Å². The number of unbranched alkanes of at least 4 members (excludes halogenated alkanes) is 12. The summed E-state index contributed by atoms with van der Waals surface area (Å²) >= 11 is 12.7. The van der Waals surface area contributed by atoms with Crippen molar-refractivity contribution in [1.29, 1.82) is 0 Å². The van der Waals surface area contributed by atoms with E-state index in [0.717, 1.165) is 69.5 Å². The van der Waals surface area contributed by atoms with Gasteiger partial charge < -0.3 is 19.3 Å². The summed E-state index contributed by atoms with van der Waals surface area (Å²) in [5.41, 5.74) is 1.46. The minimum Gasteiger partial charge on any atom is -0.494 e. The summed E-state index contributed by atoms with van der Waals surface area (Å²) in [4.78, 5) is 32.4. The molecule has 0 radical (unpaired) electrons. The van der Waals surface area contributed by atoms with Gasteiger partial charge in [-0.3, -0.25) is 14.3 Å². The zero-order chi connectivity index (χ0) is 36.4. The van der Waals surface area contributed by atoms with Crippen molar-refractivity contribution in [3.63, 3.8) is 0 Å². The van der Waals surface area contributed by atoms with Crippen molar-refractivity contribution in [2.45, 2.75) is 110 Å². The Balaban J connectivity index is 1.15. The molecule has 1 fully saturated rings. The number of rotatable bonds is 22. The number of carbonyl (C=O) groups is 1. The van der Waals surface area contributed by atoms with Crippen LogP contribution in [0.1, 0.15) is 110 Å². The van der Waals surface area contributed by atoms with E-state index in [1.54, 1.807) is 24.9 Å². The molecular formula is C41H60Cl2N4O4. The molecule has 0 saturated carbocycles. The molecule has 2 aromatic carbocycles. The lowest BCUT2D eigenvalue weighted by Gasteiger charge is -2.36. The van der Waals surface area contributed by atoms with Gasteiger partial charge in [0, 0.05) is 51.9 Å². The molecule has 51 heavy (non-hydrogen) atoms. The third-order valence-electron chi connectivity index (χ3n) is 9.98. The Morgan fingerprint density at radius 2 is 1.47 bits per heavy atom. The lowest BCUT2D eigenvalue weighted by Crippen LogP contribution is -2.46. The summed E-state index contributed by atoms with van der Waals surface area (Å²) in [7, 11) is 1.77. The molecule has 1 aromatic heterocycles. The van der Waals surface area contributed by atoms with E-state index in [2.05, 4.69) is 16.7 Å². The molecule has 1 saturated heterocycles. The van der Waals surface area contributed by atoms with Crippen LogP contribution in [0, 0.1) is 0 Å². The van der Waals surface area contributed by atoms with Crippen LogP contribution < -0.4 is 15.2 Å². The van der Waals surface area contributed by atoms with Crippen LogP contribution >= 0.6 is 23.2 Å². The molecule has 0 spiro atoms. The number of nitrogens with zero attached hydrogens (tertiary/aromatic N) is 4. The second-order valence-corrected chi connectivity index (χ2v) is 14.8. The summed E-state index contributed by atoms with van der Waals surface area (Å²) in [6.45, 7) is 10.0. The average Bonchev–Trinajstić information content (AvgIpc) is 3.13. The van der Waals surface area contributed by atoms with Crippen LogP contribution in [-0.2, 0) is 4.74 Å². The molecule has 4 rings (SSSR count). The van der Waals surface area contributed by atoms with Crippen molar-refractivity contribution >= 4 is 45.9 Å². The molecule has 10 heteroatoms. The smallest absolute Gasteiger partial charge is 0.411 e. The number of anilines is 1. The number of aromatic nitrogens is 1. The van der Waals surface area contributed by atoms with Crippen molar-refractivity contribution in [3.05, 3.63) is 68.9 Å². The number of hydrogen-bond acceptors (Lipinski definition) is 6. The van der Waals surface area contributed by atoms with E-state index in [1.165, 1.54) is 74.8 Å². The summed E-state index contributed by atoms with van der Waals surface area (Å²) in [5, 5.41) is 2.10. The molecule has 0 N–H and O–H groups in total. The lowest BCUT2D eigenvalue weighted by molar-refractivity contribution is 0.0438. The highest BCUT2D eigenvalue weighted by Crippen LogP contribution is 2.33. The third kappa shape index (κ3) is 13.2. The van der Waals surface area contributed by atoms with E-state index in [1.807, 2.05) is 36.4 Å². The highest BCUT2D eigenvalue weighted by Gasteiger charge is 2.20. The highest BCUT2D eigenvalue weighted by molar-refractivity contribution is 6.43. The number of ether oxygens (including phenoxy) is 2. The molecular weight excluding hydrogens is 683 g/mol. The first-order valence-corrected chi connectivity index (χ1v) is 20.1. The van der Waals surface area contributed by atoms with Crippen molar-refractivity contribution in [2.75, 3.05) is 57.8 Å². The van der Waals surface area contributed by atoms with Gasteiger partial charge in [-0.1, -0.05) is 107 Å². The average molecular weight is 744 g/mol. The number of carbonyl (C=O) groups excluding carboxylic acids is 1. The van der Waals surface area contributed by atoms with Crippen LogP contribution in [0.4, 0.5) is 10.5 Å². The zero-order valence-electron chi connectivity index (χ0n) is 31.2. The van der Waals surface area contributed by atoms with Crippen molar-refractivity contribution < 1.29 is 14.3 Å². The topological polar surface area (TPSA) is 67.2 Å². The summed E-state index contributed by atoms with van der Waals surface area (Å²) < 4.78 is 13.4. The molecule has 3 aromatic rings. The maximum absolute atomic E-state index is 13.0. The van der Waals surface area contributed by atoms with Gasteiger partial charge in [-0.15, -0.1) is 0 Å². The van der Waals surface area contributed by atoms with E-state index in [4.69, 9.17) is 32.7 Å². The Labute approximate surface area is 316 Å². The minimum atomic E-state index is -0.760. The first-order valence-electron chi connectivity index (χ1n) is 19.4. The number of halogens is 2. The van der Waals surface area contributed by atoms with Crippen LogP contribution in [0.25, 0.3) is 10.9 Å². The van der Waals surface area contributed by atoms with Gasteiger partial charge in [0.25, 0.3) is 5.56 Å². The molecule has 1 unspecified atom stereocenters. The molecule has 282 valence electrons. The highest BCUT2D eigenvalue weighted by atomic mass is 35.5. The monoisotopic (exact) mass is 742 g/mol. The van der Waals surface area contributed by atoms with E-state index in [0.29, 0.717) is 34.5 Å². The number of fused-ring (bicyclic) bond motifs is 1. The molecule has 0 bridgehead atoms. The summed E-state index contributed by atoms with van der Waals surface area (Å²) in [6, 6.07) is 14.9. The molecule has 1 aliphatic rings. The maximum atomic E-state index is 13.0. The van der Waals surface area contributed by atoms with E-state index >= 15 is 0 Å². The Morgan fingerprint density at radius 1 is 0.824 bits per heavy atom. The van der Waals surface area contributed by atoms with E-state index < -0.39 is 12.3 Å². The van der Waals surface area contributed by atoms with Gasteiger partial charge in [0.2, 0.25) is 0 Å². The predicted octanol–water partition coefficient (Wildman–Crippen LogP) is 10.6. The number of amides is 1. The molecule has 1 atom stereocenters. The minimum absolute atomic E-state index is 0.221. The molecule has 2 heterocycles. The largest absolute Gasteiger partial charge is 0.494 e. The van der Waals surface area contributed by atoms with Crippen LogP contribution in [0.2, 0.25) is 10.0 Å². The Morgan fingerprint density at radius 3 is 2.16 bits per heavy atom. The van der Waals surface area contributed by atoms with Crippen LogP contribution in [0.15, 0.2) is 53.3 Å². The first-order chi connectivity index (χ1) is 24.8. The quantitative estimate of drug-likeness (QED) is 0.0955. The van der Waals surface area contributed by atoms with E-state index in [9.17, 15) is 9.59 Å². The normalized spacial score (nSPS) is 14.2. The molecule has 1 amide bonds. The molecule has 1 aliphatic heterocycles. The van der Waals surface area contributed by atoms with Crippen molar-refractivity contribution in [1.82, 2.24) is 14.4 Å². The standard InChI is InChI=1S/C41H60Cl2N4O4/c1-4-5-6-7-8-9-10-11-12-13-14-15-25-44(3)41(49)51-33(2)47-38-32-35(23-21-34(38)22-24-39(47)48)50-31-17-16-26-45-27-29-46(30-28-45)37-20-18-19-36(42)40(37)43/h18-24,32-33H,4-17,25-31H2,1-3H3. The zero-order valence-corrected chi connectivity index (χ0v) is 32.7. The Kier molecular flexibility index (Phi) is 17.8. The fourth-order valence-electron chi connectivity index (χ4n) is 6.84. The van der Waals surface area contributed by atoms with Crippen LogP contribution in [-0.4, -0.2) is 73.4 Å². The van der Waals surface area contributed by atoms with Crippen LogP contribution in [0.3, 0.4) is 0 Å². The van der Waals surface area contributed by atoms with Gasteiger partial charge in [0.05, 0.1) is 27.9 Å². The first kappa shape index (κ1) is 40.8.